The lowest BCUT2D eigenvalue weighted by atomic mass is 10.0. The summed E-state index contributed by atoms with van der Waals surface area (Å²) in [7, 11) is 2.17. The Labute approximate surface area is 92.4 Å². The Bertz CT molecular complexity index is 230. The number of likely N-dealkylation sites (tertiary alicyclic amines) is 1. The molecule has 2 aliphatic rings. The van der Waals surface area contributed by atoms with E-state index < -0.39 is 0 Å². The fraction of sp³-hybridized carbons (Fsp3) is 0.917. The summed E-state index contributed by atoms with van der Waals surface area (Å²) < 4.78 is 0. The van der Waals surface area contributed by atoms with Crippen molar-refractivity contribution in [2.45, 2.75) is 51.1 Å². The Morgan fingerprint density at radius 2 is 1.73 bits per heavy atom. The van der Waals surface area contributed by atoms with Gasteiger partial charge in [0.1, 0.15) is 0 Å². The topological polar surface area (TPSA) is 23.6 Å². The number of amides is 1. The lowest BCUT2D eigenvalue weighted by molar-refractivity contribution is -0.134. The quantitative estimate of drug-likeness (QED) is 0.704. The van der Waals surface area contributed by atoms with Crippen LogP contribution >= 0.6 is 0 Å². The molecule has 0 bridgehead atoms. The van der Waals surface area contributed by atoms with Gasteiger partial charge in [0, 0.05) is 18.5 Å². The third-order valence-electron chi connectivity index (χ3n) is 3.61. The Hall–Kier alpha value is -0.570. The Morgan fingerprint density at radius 3 is 2.20 bits per heavy atom. The van der Waals surface area contributed by atoms with Crippen molar-refractivity contribution in [1.82, 2.24) is 9.80 Å². The molecule has 2 fully saturated rings. The van der Waals surface area contributed by atoms with Gasteiger partial charge in [0.2, 0.25) is 5.91 Å². The summed E-state index contributed by atoms with van der Waals surface area (Å²) in [4.78, 5) is 16.4. The monoisotopic (exact) mass is 210 g/mol. The largest absolute Gasteiger partial charge is 0.337 e. The van der Waals surface area contributed by atoms with Crippen LogP contribution in [-0.4, -0.2) is 47.9 Å². The highest BCUT2D eigenvalue weighted by Crippen LogP contribution is 2.32. The molecule has 1 amide bonds. The molecule has 3 nitrogen and oxygen atoms in total. The molecule has 86 valence electrons. The summed E-state index contributed by atoms with van der Waals surface area (Å²) >= 11 is 0. The SMILES string of the molecule is CCC(=O)N(C1CC1)C1CCN(C)CC1. The Balaban J connectivity index is 1.95. The maximum atomic E-state index is 11.9. The Morgan fingerprint density at radius 1 is 1.20 bits per heavy atom. The lowest BCUT2D eigenvalue weighted by Gasteiger charge is -2.37. The van der Waals surface area contributed by atoms with Crippen LogP contribution in [0.2, 0.25) is 0 Å². The van der Waals surface area contributed by atoms with Gasteiger partial charge in [-0.15, -0.1) is 0 Å². The van der Waals surface area contributed by atoms with E-state index in [9.17, 15) is 4.79 Å². The summed E-state index contributed by atoms with van der Waals surface area (Å²) in [6.45, 7) is 4.27. The number of carbonyl (C=O) groups is 1. The number of piperidine rings is 1. The molecule has 0 atom stereocenters. The maximum Gasteiger partial charge on any atom is 0.222 e. The molecule has 1 saturated carbocycles. The summed E-state index contributed by atoms with van der Waals surface area (Å²) in [5.74, 6) is 0.368. The fourth-order valence-corrected chi connectivity index (χ4v) is 2.51. The van der Waals surface area contributed by atoms with Gasteiger partial charge in [0.15, 0.2) is 0 Å². The molecule has 1 saturated heterocycles. The molecule has 1 heterocycles. The average Bonchev–Trinajstić information content (AvgIpc) is 3.05. The second kappa shape index (κ2) is 4.52. The van der Waals surface area contributed by atoms with E-state index >= 15 is 0 Å². The van der Waals surface area contributed by atoms with Crippen LogP contribution in [0.4, 0.5) is 0 Å². The third kappa shape index (κ3) is 2.51. The molecule has 3 heteroatoms. The van der Waals surface area contributed by atoms with Crippen molar-refractivity contribution in [3.05, 3.63) is 0 Å². The number of nitrogens with zero attached hydrogens (tertiary/aromatic N) is 2. The smallest absolute Gasteiger partial charge is 0.222 e. The second-order valence-corrected chi connectivity index (χ2v) is 4.92. The van der Waals surface area contributed by atoms with Gasteiger partial charge in [0.05, 0.1) is 0 Å². The van der Waals surface area contributed by atoms with Gasteiger partial charge in [-0.05, 0) is 45.8 Å². The summed E-state index contributed by atoms with van der Waals surface area (Å²) in [6, 6.07) is 1.12. The van der Waals surface area contributed by atoms with Gasteiger partial charge in [-0.2, -0.15) is 0 Å². The summed E-state index contributed by atoms with van der Waals surface area (Å²) in [5, 5.41) is 0. The fourth-order valence-electron chi connectivity index (χ4n) is 2.51. The molecule has 0 unspecified atom stereocenters. The molecule has 0 aromatic heterocycles. The van der Waals surface area contributed by atoms with E-state index in [1.54, 1.807) is 0 Å². The number of hydrogen-bond acceptors (Lipinski definition) is 2. The molecule has 15 heavy (non-hydrogen) atoms. The van der Waals surface area contributed by atoms with E-state index in [2.05, 4.69) is 16.8 Å². The van der Waals surface area contributed by atoms with Crippen LogP contribution in [0.25, 0.3) is 0 Å². The van der Waals surface area contributed by atoms with Gasteiger partial charge in [-0.1, -0.05) is 6.92 Å². The number of carbonyl (C=O) groups excluding carboxylic acids is 1. The standard InChI is InChI=1S/C12H22N2O/c1-3-12(15)14(10-4-5-10)11-6-8-13(2)9-7-11/h10-11H,3-9H2,1-2H3. The predicted octanol–water partition coefficient (Wildman–Crippen LogP) is 1.48. The molecule has 2 rings (SSSR count). The van der Waals surface area contributed by atoms with E-state index in [1.165, 1.54) is 25.7 Å². The van der Waals surface area contributed by atoms with Crippen LogP contribution < -0.4 is 0 Å². The Kier molecular flexibility index (Phi) is 3.29. The number of rotatable bonds is 3. The van der Waals surface area contributed by atoms with Gasteiger partial charge in [-0.3, -0.25) is 4.79 Å². The van der Waals surface area contributed by atoms with Crippen molar-refractivity contribution >= 4 is 5.91 Å². The first kappa shape index (κ1) is 10.9. The minimum absolute atomic E-state index is 0.368. The highest BCUT2D eigenvalue weighted by Gasteiger charge is 2.37. The van der Waals surface area contributed by atoms with Crippen LogP contribution in [-0.2, 0) is 4.79 Å². The van der Waals surface area contributed by atoms with E-state index in [1.807, 2.05) is 6.92 Å². The van der Waals surface area contributed by atoms with Crippen molar-refractivity contribution < 1.29 is 4.79 Å². The molecular formula is C12H22N2O. The van der Waals surface area contributed by atoms with Crippen molar-refractivity contribution in [3.63, 3.8) is 0 Å². The molecule has 1 aliphatic carbocycles. The maximum absolute atomic E-state index is 11.9. The molecular weight excluding hydrogens is 188 g/mol. The summed E-state index contributed by atoms with van der Waals surface area (Å²) in [6.07, 6.45) is 5.47. The molecule has 0 aromatic rings. The van der Waals surface area contributed by atoms with Crippen LogP contribution in [0.15, 0.2) is 0 Å². The molecule has 0 aromatic carbocycles. The first-order valence-electron chi connectivity index (χ1n) is 6.22. The van der Waals surface area contributed by atoms with Crippen molar-refractivity contribution in [1.29, 1.82) is 0 Å². The normalized spacial score (nSPS) is 24.1. The molecule has 0 radical (unpaired) electrons. The average molecular weight is 210 g/mol. The minimum Gasteiger partial charge on any atom is -0.337 e. The predicted molar refractivity (Wildman–Crippen MR) is 60.7 cm³/mol. The van der Waals surface area contributed by atoms with Crippen molar-refractivity contribution in [2.24, 2.45) is 0 Å². The highest BCUT2D eigenvalue weighted by atomic mass is 16.2. The van der Waals surface area contributed by atoms with E-state index in [4.69, 9.17) is 0 Å². The highest BCUT2D eigenvalue weighted by molar-refractivity contribution is 5.76. The van der Waals surface area contributed by atoms with Gasteiger partial charge >= 0.3 is 0 Å². The first-order chi connectivity index (χ1) is 7.22. The first-order valence-corrected chi connectivity index (χ1v) is 6.22. The van der Waals surface area contributed by atoms with Gasteiger partial charge in [0.25, 0.3) is 0 Å². The molecule has 0 N–H and O–H groups in total. The third-order valence-corrected chi connectivity index (χ3v) is 3.61. The van der Waals surface area contributed by atoms with Crippen LogP contribution in [0.5, 0.6) is 0 Å². The zero-order chi connectivity index (χ0) is 10.8. The van der Waals surface area contributed by atoms with Crippen LogP contribution in [0.1, 0.15) is 39.0 Å². The molecule has 0 spiro atoms. The van der Waals surface area contributed by atoms with Crippen LogP contribution in [0, 0.1) is 0 Å². The van der Waals surface area contributed by atoms with Gasteiger partial charge in [-0.25, -0.2) is 0 Å². The van der Waals surface area contributed by atoms with E-state index in [-0.39, 0.29) is 0 Å². The second-order valence-electron chi connectivity index (χ2n) is 4.92. The van der Waals surface area contributed by atoms with Gasteiger partial charge < -0.3 is 9.80 Å². The summed E-state index contributed by atoms with van der Waals surface area (Å²) in [5.41, 5.74) is 0. The zero-order valence-corrected chi connectivity index (χ0v) is 9.91. The number of hydrogen-bond donors (Lipinski definition) is 0. The van der Waals surface area contributed by atoms with Crippen molar-refractivity contribution in [2.75, 3.05) is 20.1 Å². The van der Waals surface area contributed by atoms with Crippen molar-refractivity contribution in [3.8, 4) is 0 Å². The zero-order valence-electron chi connectivity index (χ0n) is 9.91. The van der Waals surface area contributed by atoms with E-state index in [0.29, 0.717) is 24.4 Å². The minimum atomic E-state index is 0.368. The lowest BCUT2D eigenvalue weighted by Crippen LogP contribution is -2.47. The molecule has 1 aliphatic heterocycles. The van der Waals surface area contributed by atoms with Crippen LogP contribution in [0.3, 0.4) is 0 Å². The van der Waals surface area contributed by atoms with E-state index in [0.717, 1.165) is 13.1 Å².